The van der Waals surface area contributed by atoms with E-state index in [9.17, 15) is 4.79 Å². The minimum absolute atomic E-state index is 0. The standard InChI is InChI=1S/C20H40O2.H3N/c1-6-10-14-18(5)20(15-11-7-2,16-12-8-3)19(21)22-17-13-9-4;/h18H,6-17H2,1-5H3;1H3. The number of ether oxygens (including phenoxy) is 1. The number of carbonyl (C=O) groups excluding carboxylic acids is 1. The second-order valence-electron chi connectivity index (χ2n) is 6.90. The Morgan fingerprint density at radius 2 is 1.35 bits per heavy atom. The maximum atomic E-state index is 12.9. The monoisotopic (exact) mass is 329 g/mol. The maximum absolute atomic E-state index is 12.9. The normalized spacial score (nSPS) is 12.6. The van der Waals surface area contributed by atoms with Gasteiger partial charge in [0, 0.05) is 0 Å². The fourth-order valence-corrected chi connectivity index (χ4v) is 3.25. The highest BCUT2D eigenvalue weighted by atomic mass is 16.5. The summed E-state index contributed by atoms with van der Waals surface area (Å²) < 4.78 is 5.70. The van der Waals surface area contributed by atoms with Crippen molar-refractivity contribution in [1.29, 1.82) is 0 Å². The van der Waals surface area contributed by atoms with Gasteiger partial charge in [-0.1, -0.05) is 79.6 Å². The predicted molar refractivity (Wildman–Crippen MR) is 101 cm³/mol. The van der Waals surface area contributed by atoms with Gasteiger partial charge in [-0.05, 0) is 31.6 Å². The first-order chi connectivity index (χ1) is 10.6. The zero-order valence-electron chi connectivity index (χ0n) is 16.6. The lowest BCUT2D eigenvalue weighted by Gasteiger charge is -2.37. The van der Waals surface area contributed by atoms with E-state index in [0.717, 1.165) is 57.8 Å². The Morgan fingerprint density at radius 3 is 1.78 bits per heavy atom. The molecule has 1 atom stereocenters. The molecule has 1 unspecified atom stereocenters. The summed E-state index contributed by atoms with van der Waals surface area (Å²) in [5.41, 5.74) is -0.241. The molecule has 0 fully saturated rings. The van der Waals surface area contributed by atoms with E-state index >= 15 is 0 Å². The first-order valence-electron chi connectivity index (χ1n) is 9.76. The molecule has 3 nitrogen and oxygen atoms in total. The van der Waals surface area contributed by atoms with Crippen molar-refractivity contribution >= 4 is 5.97 Å². The van der Waals surface area contributed by atoms with Crippen LogP contribution in [0.1, 0.15) is 105 Å². The molecule has 0 bridgehead atoms. The predicted octanol–water partition coefficient (Wildman–Crippen LogP) is 6.68. The van der Waals surface area contributed by atoms with Crippen molar-refractivity contribution in [3.63, 3.8) is 0 Å². The molecule has 0 aliphatic rings. The number of carbonyl (C=O) groups is 1. The lowest BCUT2D eigenvalue weighted by atomic mass is 9.67. The minimum atomic E-state index is -0.241. The molecular weight excluding hydrogens is 286 g/mol. The first kappa shape index (κ1) is 24.7. The second-order valence-corrected chi connectivity index (χ2v) is 6.90. The minimum Gasteiger partial charge on any atom is -0.465 e. The van der Waals surface area contributed by atoms with E-state index < -0.39 is 0 Å². The van der Waals surface area contributed by atoms with E-state index in [1.54, 1.807) is 0 Å². The third-order valence-corrected chi connectivity index (χ3v) is 5.02. The molecule has 140 valence electrons. The van der Waals surface area contributed by atoms with Gasteiger partial charge < -0.3 is 10.9 Å². The summed E-state index contributed by atoms with van der Waals surface area (Å²) in [7, 11) is 0. The number of unbranched alkanes of at least 4 members (excludes halogenated alkanes) is 4. The van der Waals surface area contributed by atoms with Crippen molar-refractivity contribution < 1.29 is 9.53 Å². The van der Waals surface area contributed by atoms with Crippen LogP contribution in [-0.2, 0) is 9.53 Å². The highest BCUT2D eigenvalue weighted by Crippen LogP contribution is 2.42. The van der Waals surface area contributed by atoms with Crippen LogP contribution in [0.25, 0.3) is 0 Å². The fourth-order valence-electron chi connectivity index (χ4n) is 3.25. The highest BCUT2D eigenvalue weighted by Gasteiger charge is 2.43. The van der Waals surface area contributed by atoms with Gasteiger partial charge in [0.05, 0.1) is 12.0 Å². The average Bonchev–Trinajstić information content (AvgIpc) is 2.53. The molecule has 3 N–H and O–H groups in total. The molecule has 0 rings (SSSR count). The molecule has 0 aromatic carbocycles. The second kappa shape index (κ2) is 15.0. The van der Waals surface area contributed by atoms with Crippen molar-refractivity contribution in [1.82, 2.24) is 6.15 Å². The van der Waals surface area contributed by atoms with Gasteiger partial charge in [0.1, 0.15) is 0 Å². The summed E-state index contributed by atoms with van der Waals surface area (Å²) in [6, 6.07) is 0. The molecule has 0 aromatic heterocycles. The van der Waals surface area contributed by atoms with Crippen molar-refractivity contribution in [2.45, 2.75) is 105 Å². The Hall–Kier alpha value is -0.570. The van der Waals surface area contributed by atoms with Gasteiger partial charge in [-0.2, -0.15) is 0 Å². The van der Waals surface area contributed by atoms with Crippen LogP contribution in [0.4, 0.5) is 0 Å². The van der Waals surface area contributed by atoms with E-state index in [1.807, 2.05) is 0 Å². The molecule has 0 radical (unpaired) electrons. The van der Waals surface area contributed by atoms with Crippen LogP contribution in [0.5, 0.6) is 0 Å². The van der Waals surface area contributed by atoms with Crippen LogP contribution in [0.2, 0.25) is 0 Å². The molecule has 0 aromatic rings. The van der Waals surface area contributed by atoms with E-state index in [-0.39, 0.29) is 17.5 Å². The highest BCUT2D eigenvalue weighted by molar-refractivity contribution is 5.77. The summed E-state index contributed by atoms with van der Waals surface area (Å²) in [5, 5.41) is 0. The van der Waals surface area contributed by atoms with Crippen LogP contribution in [-0.4, -0.2) is 12.6 Å². The molecule has 0 saturated carbocycles. The number of esters is 1. The van der Waals surface area contributed by atoms with Gasteiger partial charge in [-0.25, -0.2) is 0 Å². The Labute approximate surface area is 145 Å². The van der Waals surface area contributed by atoms with E-state index in [1.165, 1.54) is 12.8 Å². The molecule has 0 aliphatic heterocycles. The van der Waals surface area contributed by atoms with Crippen molar-refractivity contribution in [2.75, 3.05) is 6.61 Å². The third-order valence-electron chi connectivity index (χ3n) is 5.02. The zero-order valence-corrected chi connectivity index (χ0v) is 16.6. The maximum Gasteiger partial charge on any atom is 0.312 e. The number of hydrogen-bond donors (Lipinski definition) is 1. The van der Waals surface area contributed by atoms with Gasteiger partial charge in [0.25, 0.3) is 0 Å². The quantitative estimate of drug-likeness (QED) is 0.285. The Balaban J connectivity index is 0. The summed E-state index contributed by atoms with van der Waals surface area (Å²) in [5.74, 6) is 0.520. The lowest BCUT2D eigenvalue weighted by molar-refractivity contribution is -0.161. The molecule has 0 aliphatic carbocycles. The first-order valence-corrected chi connectivity index (χ1v) is 9.76. The molecule has 3 heteroatoms. The topological polar surface area (TPSA) is 61.3 Å². The Bertz CT molecular complexity index is 271. The Morgan fingerprint density at radius 1 is 0.870 bits per heavy atom. The SMILES string of the molecule is CCCCOC(=O)C(CCCC)(CCCC)C(C)CCCC.N. The smallest absolute Gasteiger partial charge is 0.312 e. The molecule has 0 spiro atoms. The van der Waals surface area contributed by atoms with Crippen LogP contribution in [0.15, 0.2) is 0 Å². The van der Waals surface area contributed by atoms with Crippen molar-refractivity contribution in [3.05, 3.63) is 0 Å². The van der Waals surface area contributed by atoms with Gasteiger partial charge in [-0.15, -0.1) is 0 Å². The molecule has 23 heavy (non-hydrogen) atoms. The summed E-state index contributed by atoms with van der Waals surface area (Å²) in [6.45, 7) is 11.7. The summed E-state index contributed by atoms with van der Waals surface area (Å²) in [4.78, 5) is 12.9. The van der Waals surface area contributed by atoms with Crippen LogP contribution < -0.4 is 6.15 Å². The average molecular weight is 330 g/mol. The molecule has 0 saturated heterocycles. The van der Waals surface area contributed by atoms with Gasteiger partial charge >= 0.3 is 5.97 Å². The Kier molecular flexibility index (Phi) is 16.1. The molecular formula is C20H43NO2. The van der Waals surface area contributed by atoms with Gasteiger partial charge in [-0.3, -0.25) is 4.79 Å². The van der Waals surface area contributed by atoms with Crippen LogP contribution in [0, 0.1) is 11.3 Å². The third kappa shape index (κ3) is 8.74. The largest absolute Gasteiger partial charge is 0.465 e. The summed E-state index contributed by atoms with van der Waals surface area (Å²) >= 11 is 0. The number of hydrogen-bond acceptors (Lipinski definition) is 3. The molecule has 0 heterocycles. The molecule has 0 amide bonds. The van der Waals surface area contributed by atoms with E-state index in [0.29, 0.717) is 12.5 Å². The zero-order chi connectivity index (χ0) is 16.8. The number of rotatable bonds is 14. The fraction of sp³-hybridized carbons (Fsp3) is 0.950. The van der Waals surface area contributed by atoms with Crippen LogP contribution >= 0.6 is 0 Å². The van der Waals surface area contributed by atoms with Crippen molar-refractivity contribution in [3.8, 4) is 0 Å². The summed E-state index contributed by atoms with van der Waals surface area (Å²) in [6.07, 6.45) is 12.2. The van der Waals surface area contributed by atoms with Crippen molar-refractivity contribution in [2.24, 2.45) is 11.3 Å². The lowest BCUT2D eigenvalue weighted by Crippen LogP contribution is -2.39. The van der Waals surface area contributed by atoms with E-state index in [4.69, 9.17) is 4.74 Å². The van der Waals surface area contributed by atoms with E-state index in [2.05, 4.69) is 34.6 Å². The van der Waals surface area contributed by atoms with Gasteiger partial charge in [0.2, 0.25) is 0 Å². The van der Waals surface area contributed by atoms with Crippen LogP contribution in [0.3, 0.4) is 0 Å². The van der Waals surface area contributed by atoms with Gasteiger partial charge in [0.15, 0.2) is 0 Å².